The highest BCUT2D eigenvalue weighted by molar-refractivity contribution is 6.04. The van der Waals surface area contributed by atoms with Gasteiger partial charge in [-0.1, -0.05) is 12.1 Å². The predicted molar refractivity (Wildman–Crippen MR) is 125 cm³/mol. The van der Waals surface area contributed by atoms with Crippen LogP contribution in [0.15, 0.2) is 79.1 Å². The van der Waals surface area contributed by atoms with Crippen molar-refractivity contribution < 1.29 is 9.18 Å². The predicted octanol–water partition coefficient (Wildman–Crippen LogP) is 5.09. The van der Waals surface area contributed by atoms with Gasteiger partial charge in [0.1, 0.15) is 12.1 Å². The van der Waals surface area contributed by atoms with Crippen molar-refractivity contribution in [1.82, 2.24) is 19.3 Å². The van der Waals surface area contributed by atoms with Crippen LogP contribution in [0.3, 0.4) is 0 Å². The van der Waals surface area contributed by atoms with Crippen LogP contribution >= 0.6 is 0 Å². The van der Waals surface area contributed by atoms with E-state index in [-0.39, 0.29) is 11.7 Å². The van der Waals surface area contributed by atoms with Gasteiger partial charge in [0.05, 0.1) is 16.7 Å². The van der Waals surface area contributed by atoms with Crippen LogP contribution in [0.5, 0.6) is 0 Å². The monoisotopic (exact) mass is 437 g/mol. The molecule has 2 heterocycles. The van der Waals surface area contributed by atoms with Crippen LogP contribution in [-0.2, 0) is 12.8 Å². The molecule has 6 nitrogen and oxygen atoms in total. The topological polar surface area (TPSA) is 64.7 Å². The fraction of sp³-hybridized carbons (Fsp3) is 0.115. The molecule has 6 rings (SSSR count). The Labute approximate surface area is 189 Å². The molecule has 0 unspecified atom stereocenters. The van der Waals surface area contributed by atoms with Crippen LogP contribution in [0.25, 0.3) is 22.4 Å². The standard InChI is InChI=1S/C26H20FN5O/c27-17-8-12-20(13-9-17)32-23-7-3-4-21(23)25(30-32)26(33)29-18-10-14-19(15-11-18)31-16-28-22-5-1-2-6-24(22)31/h1-2,5-6,8-16H,3-4,7H2,(H,29,33). The molecule has 0 atom stereocenters. The quantitative estimate of drug-likeness (QED) is 0.426. The molecule has 7 heteroatoms. The number of carbonyl (C=O) groups is 1. The molecule has 3 aromatic carbocycles. The zero-order chi connectivity index (χ0) is 22.4. The number of halogens is 1. The highest BCUT2D eigenvalue weighted by Crippen LogP contribution is 2.28. The highest BCUT2D eigenvalue weighted by atomic mass is 19.1. The van der Waals surface area contributed by atoms with E-state index in [1.165, 1.54) is 12.1 Å². The number of aromatic nitrogens is 4. The minimum absolute atomic E-state index is 0.241. The number of carbonyl (C=O) groups excluding carboxylic acids is 1. The van der Waals surface area contributed by atoms with E-state index < -0.39 is 0 Å². The number of anilines is 1. The summed E-state index contributed by atoms with van der Waals surface area (Å²) >= 11 is 0. The lowest BCUT2D eigenvalue weighted by Gasteiger charge is -2.08. The summed E-state index contributed by atoms with van der Waals surface area (Å²) in [5.41, 5.74) is 6.78. The van der Waals surface area contributed by atoms with Gasteiger partial charge < -0.3 is 5.32 Å². The lowest BCUT2D eigenvalue weighted by Crippen LogP contribution is -2.15. The molecule has 0 saturated carbocycles. The van der Waals surface area contributed by atoms with Crippen LogP contribution < -0.4 is 5.32 Å². The highest BCUT2D eigenvalue weighted by Gasteiger charge is 2.27. The molecule has 0 aliphatic heterocycles. The lowest BCUT2D eigenvalue weighted by molar-refractivity contribution is 0.102. The maximum Gasteiger partial charge on any atom is 0.276 e. The van der Waals surface area contributed by atoms with Gasteiger partial charge in [0.2, 0.25) is 0 Å². The molecule has 0 spiro atoms. The van der Waals surface area contributed by atoms with E-state index in [1.54, 1.807) is 23.1 Å². The third-order valence-corrected chi connectivity index (χ3v) is 6.07. The minimum atomic E-state index is -0.298. The molecule has 33 heavy (non-hydrogen) atoms. The second-order valence-electron chi connectivity index (χ2n) is 8.12. The van der Waals surface area contributed by atoms with Gasteiger partial charge in [-0.2, -0.15) is 5.10 Å². The van der Waals surface area contributed by atoms with E-state index in [9.17, 15) is 9.18 Å². The van der Waals surface area contributed by atoms with Gasteiger partial charge in [-0.15, -0.1) is 0 Å². The van der Waals surface area contributed by atoms with Gasteiger partial charge in [-0.05, 0) is 79.9 Å². The number of imidazole rings is 1. The molecule has 2 aromatic heterocycles. The summed E-state index contributed by atoms with van der Waals surface area (Å²) in [5, 5.41) is 7.56. The van der Waals surface area contributed by atoms with E-state index in [2.05, 4.69) is 15.4 Å². The maximum atomic E-state index is 13.3. The van der Waals surface area contributed by atoms with Crippen LogP contribution in [0.4, 0.5) is 10.1 Å². The molecular formula is C26H20FN5O. The van der Waals surface area contributed by atoms with Crippen LogP contribution in [0, 0.1) is 5.82 Å². The number of benzene rings is 3. The Morgan fingerprint density at radius 2 is 1.67 bits per heavy atom. The Kier molecular flexibility index (Phi) is 4.54. The molecule has 0 saturated heterocycles. The zero-order valence-electron chi connectivity index (χ0n) is 17.7. The number of nitrogens with zero attached hydrogens (tertiary/aromatic N) is 4. The summed E-state index contributed by atoms with van der Waals surface area (Å²) in [4.78, 5) is 17.5. The van der Waals surface area contributed by atoms with Gasteiger partial charge in [-0.25, -0.2) is 14.1 Å². The molecule has 1 amide bonds. The summed E-state index contributed by atoms with van der Waals surface area (Å²) in [6, 6.07) is 21.8. The third kappa shape index (κ3) is 3.38. The third-order valence-electron chi connectivity index (χ3n) is 6.07. The van der Waals surface area contributed by atoms with Crippen molar-refractivity contribution in [3.63, 3.8) is 0 Å². The van der Waals surface area contributed by atoms with E-state index in [0.29, 0.717) is 11.4 Å². The number of amides is 1. The van der Waals surface area contributed by atoms with Gasteiger partial charge in [-0.3, -0.25) is 9.36 Å². The van der Waals surface area contributed by atoms with Crippen LogP contribution in [-0.4, -0.2) is 25.2 Å². The molecule has 5 aromatic rings. The zero-order valence-corrected chi connectivity index (χ0v) is 17.7. The average molecular weight is 437 g/mol. The summed E-state index contributed by atoms with van der Waals surface area (Å²) in [7, 11) is 0. The van der Waals surface area contributed by atoms with E-state index >= 15 is 0 Å². The second-order valence-corrected chi connectivity index (χ2v) is 8.12. The summed E-state index contributed by atoms with van der Waals surface area (Å²) in [6.45, 7) is 0. The second kappa shape index (κ2) is 7.70. The SMILES string of the molecule is O=C(Nc1ccc(-n2cnc3ccccc32)cc1)c1nn(-c2ccc(F)cc2)c2c1CCC2. The van der Waals surface area contributed by atoms with Crippen molar-refractivity contribution in [1.29, 1.82) is 0 Å². The van der Waals surface area contributed by atoms with Gasteiger partial charge in [0, 0.05) is 22.6 Å². The smallest absolute Gasteiger partial charge is 0.276 e. The summed E-state index contributed by atoms with van der Waals surface area (Å²) < 4.78 is 17.1. The number of hydrogen-bond acceptors (Lipinski definition) is 3. The van der Waals surface area contributed by atoms with Crippen LogP contribution in [0.1, 0.15) is 28.2 Å². The Morgan fingerprint density at radius 3 is 2.48 bits per heavy atom. The largest absolute Gasteiger partial charge is 0.321 e. The number of para-hydroxylation sites is 2. The normalized spacial score (nSPS) is 12.8. The first kappa shape index (κ1) is 19.4. The first-order valence-electron chi connectivity index (χ1n) is 10.9. The van der Waals surface area contributed by atoms with Gasteiger partial charge in [0.25, 0.3) is 5.91 Å². The Bertz CT molecular complexity index is 1480. The van der Waals surface area contributed by atoms with Crippen molar-refractivity contribution in [2.24, 2.45) is 0 Å². The first-order valence-corrected chi connectivity index (χ1v) is 10.9. The van der Waals surface area contributed by atoms with Crippen molar-refractivity contribution in [3.05, 3.63) is 102 Å². The molecule has 1 N–H and O–H groups in total. The first-order chi connectivity index (χ1) is 16.2. The molecule has 162 valence electrons. The number of fused-ring (bicyclic) bond motifs is 2. The van der Waals surface area contributed by atoms with Crippen molar-refractivity contribution >= 4 is 22.6 Å². The minimum Gasteiger partial charge on any atom is -0.321 e. The molecule has 1 aliphatic carbocycles. The Balaban J connectivity index is 1.27. The number of nitrogens with one attached hydrogen (secondary N) is 1. The maximum absolute atomic E-state index is 13.3. The van der Waals surface area contributed by atoms with E-state index in [4.69, 9.17) is 0 Å². The van der Waals surface area contributed by atoms with E-state index in [0.717, 1.165) is 52.9 Å². The van der Waals surface area contributed by atoms with Crippen molar-refractivity contribution in [2.75, 3.05) is 5.32 Å². The molecule has 0 bridgehead atoms. The number of hydrogen-bond donors (Lipinski definition) is 1. The molecular weight excluding hydrogens is 417 g/mol. The van der Waals surface area contributed by atoms with Gasteiger partial charge in [0.15, 0.2) is 5.69 Å². The van der Waals surface area contributed by atoms with Crippen molar-refractivity contribution in [2.45, 2.75) is 19.3 Å². The van der Waals surface area contributed by atoms with Gasteiger partial charge >= 0.3 is 0 Å². The lowest BCUT2D eigenvalue weighted by atomic mass is 10.2. The fourth-order valence-corrected chi connectivity index (χ4v) is 4.48. The Morgan fingerprint density at radius 1 is 0.909 bits per heavy atom. The number of rotatable bonds is 4. The summed E-state index contributed by atoms with van der Waals surface area (Å²) in [5.74, 6) is -0.539. The molecule has 1 aliphatic rings. The summed E-state index contributed by atoms with van der Waals surface area (Å²) in [6.07, 6.45) is 4.43. The fourth-order valence-electron chi connectivity index (χ4n) is 4.48. The average Bonchev–Trinajstić information content (AvgIpc) is 3.56. The van der Waals surface area contributed by atoms with Crippen LogP contribution in [0.2, 0.25) is 0 Å². The molecule has 0 radical (unpaired) electrons. The molecule has 0 fully saturated rings. The van der Waals surface area contributed by atoms with Crippen molar-refractivity contribution in [3.8, 4) is 11.4 Å². The Hall–Kier alpha value is -4.26. The van der Waals surface area contributed by atoms with E-state index in [1.807, 2.05) is 53.1 Å².